The molecule has 0 radical (unpaired) electrons. The van der Waals surface area contributed by atoms with E-state index in [1.54, 1.807) is 7.11 Å². The fourth-order valence-electron chi connectivity index (χ4n) is 2.11. The second-order valence-corrected chi connectivity index (χ2v) is 4.38. The Bertz CT molecular complexity index is 299. The molecule has 1 saturated carbocycles. The molecule has 0 aromatic heterocycles. The average molecular weight is 205 g/mol. The van der Waals surface area contributed by atoms with Crippen molar-refractivity contribution in [1.82, 2.24) is 5.32 Å². The molecular formula is C13H19NO. The van der Waals surface area contributed by atoms with Gasteiger partial charge in [0.1, 0.15) is 0 Å². The maximum absolute atomic E-state index is 5.11. The minimum Gasteiger partial charge on any atom is -0.383 e. The number of ether oxygens (including phenoxy) is 1. The van der Waals surface area contributed by atoms with Crippen LogP contribution in [0.2, 0.25) is 0 Å². The van der Waals surface area contributed by atoms with Crippen LogP contribution in [0.3, 0.4) is 0 Å². The molecule has 1 aliphatic rings. The lowest BCUT2D eigenvalue weighted by Crippen LogP contribution is -2.32. The van der Waals surface area contributed by atoms with Gasteiger partial charge in [-0.05, 0) is 18.9 Å². The Balaban J connectivity index is 1.81. The summed E-state index contributed by atoms with van der Waals surface area (Å²) in [5, 5.41) is 3.58. The fraction of sp³-hybridized carbons (Fsp3) is 0.538. The van der Waals surface area contributed by atoms with E-state index in [1.807, 2.05) is 0 Å². The van der Waals surface area contributed by atoms with Crippen LogP contribution in [0, 0.1) is 0 Å². The van der Waals surface area contributed by atoms with E-state index in [1.165, 1.54) is 12.0 Å². The quantitative estimate of drug-likeness (QED) is 0.795. The molecule has 3 atom stereocenters. The van der Waals surface area contributed by atoms with Gasteiger partial charge in [-0.25, -0.2) is 0 Å². The van der Waals surface area contributed by atoms with E-state index < -0.39 is 0 Å². The van der Waals surface area contributed by atoms with Gasteiger partial charge in [-0.2, -0.15) is 0 Å². The molecule has 1 aliphatic carbocycles. The minimum atomic E-state index is 0.453. The van der Waals surface area contributed by atoms with Crippen LogP contribution in [-0.2, 0) is 4.74 Å². The van der Waals surface area contributed by atoms with Crippen LogP contribution in [0.4, 0.5) is 0 Å². The molecule has 0 aliphatic heterocycles. The Hall–Kier alpha value is -0.860. The summed E-state index contributed by atoms with van der Waals surface area (Å²) in [4.78, 5) is 0. The maximum Gasteiger partial charge on any atom is 0.0613 e. The zero-order valence-electron chi connectivity index (χ0n) is 9.44. The van der Waals surface area contributed by atoms with Crippen LogP contribution in [-0.4, -0.2) is 25.8 Å². The van der Waals surface area contributed by atoms with Crippen LogP contribution < -0.4 is 5.32 Å². The summed E-state index contributed by atoms with van der Waals surface area (Å²) in [5.74, 6) is 0.713. The Morgan fingerprint density at radius 1 is 1.40 bits per heavy atom. The van der Waals surface area contributed by atoms with Crippen LogP contribution in [0.1, 0.15) is 24.8 Å². The molecule has 0 saturated heterocycles. The van der Waals surface area contributed by atoms with E-state index in [4.69, 9.17) is 4.74 Å². The first-order valence-corrected chi connectivity index (χ1v) is 5.61. The number of hydrogen-bond donors (Lipinski definition) is 1. The molecule has 2 heteroatoms. The van der Waals surface area contributed by atoms with Gasteiger partial charge in [-0.3, -0.25) is 0 Å². The standard InChI is InChI=1S/C13H19NO/c1-10(9-15-2)14-13-8-12(13)11-6-4-3-5-7-11/h3-7,10,12-14H,8-9H2,1-2H3. The van der Waals surface area contributed by atoms with E-state index >= 15 is 0 Å². The van der Waals surface area contributed by atoms with Gasteiger partial charge in [0.25, 0.3) is 0 Å². The number of benzene rings is 1. The third-order valence-electron chi connectivity index (χ3n) is 2.93. The summed E-state index contributed by atoms with van der Waals surface area (Å²) < 4.78 is 5.11. The molecule has 1 aromatic rings. The van der Waals surface area contributed by atoms with Crippen molar-refractivity contribution < 1.29 is 4.74 Å². The lowest BCUT2D eigenvalue weighted by atomic mass is 10.1. The van der Waals surface area contributed by atoms with Crippen molar-refractivity contribution in [3.05, 3.63) is 35.9 Å². The summed E-state index contributed by atoms with van der Waals surface area (Å²) in [7, 11) is 1.75. The van der Waals surface area contributed by atoms with Gasteiger partial charge in [0.15, 0.2) is 0 Å². The van der Waals surface area contributed by atoms with Crippen molar-refractivity contribution in [2.45, 2.75) is 31.3 Å². The van der Waals surface area contributed by atoms with E-state index in [0.29, 0.717) is 18.0 Å². The maximum atomic E-state index is 5.11. The minimum absolute atomic E-state index is 0.453. The molecule has 1 fully saturated rings. The molecule has 1 aromatic carbocycles. The predicted molar refractivity (Wildman–Crippen MR) is 62.1 cm³/mol. The third-order valence-corrected chi connectivity index (χ3v) is 2.93. The van der Waals surface area contributed by atoms with Crippen LogP contribution >= 0.6 is 0 Å². The molecule has 15 heavy (non-hydrogen) atoms. The zero-order chi connectivity index (χ0) is 10.7. The lowest BCUT2D eigenvalue weighted by molar-refractivity contribution is 0.171. The number of methoxy groups -OCH3 is 1. The van der Waals surface area contributed by atoms with Gasteiger partial charge in [0.2, 0.25) is 0 Å². The van der Waals surface area contributed by atoms with E-state index in [9.17, 15) is 0 Å². The molecule has 0 heterocycles. The molecular weight excluding hydrogens is 186 g/mol. The highest BCUT2D eigenvalue weighted by Crippen LogP contribution is 2.40. The average Bonchev–Trinajstić information content (AvgIpc) is 2.99. The summed E-state index contributed by atoms with van der Waals surface area (Å²) in [6, 6.07) is 11.8. The van der Waals surface area contributed by atoms with Crippen molar-refractivity contribution in [3.63, 3.8) is 0 Å². The van der Waals surface area contributed by atoms with Crippen molar-refractivity contribution >= 4 is 0 Å². The molecule has 0 bridgehead atoms. The van der Waals surface area contributed by atoms with E-state index in [0.717, 1.165) is 6.61 Å². The SMILES string of the molecule is COCC(C)NC1CC1c1ccccc1. The van der Waals surface area contributed by atoms with Crippen molar-refractivity contribution in [2.75, 3.05) is 13.7 Å². The smallest absolute Gasteiger partial charge is 0.0613 e. The first-order valence-electron chi connectivity index (χ1n) is 5.61. The zero-order valence-corrected chi connectivity index (χ0v) is 9.44. The predicted octanol–water partition coefficient (Wildman–Crippen LogP) is 2.17. The number of nitrogens with one attached hydrogen (secondary N) is 1. The first kappa shape index (κ1) is 10.7. The number of hydrogen-bond acceptors (Lipinski definition) is 2. The second-order valence-electron chi connectivity index (χ2n) is 4.38. The molecule has 0 amide bonds. The number of rotatable bonds is 5. The topological polar surface area (TPSA) is 21.3 Å². The van der Waals surface area contributed by atoms with Crippen LogP contribution in [0.15, 0.2) is 30.3 Å². The van der Waals surface area contributed by atoms with Gasteiger partial charge in [-0.15, -0.1) is 0 Å². The highest BCUT2D eigenvalue weighted by atomic mass is 16.5. The first-order chi connectivity index (χ1) is 7.31. The monoisotopic (exact) mass is 205 g/mol. The summed E-state index contributed by atoms with van der Waals surface area (Å²) in [6.45, 7) is 2.96. The largest absolute Gasteiger partial charge is 0.383 e. The van der Waals surface area contributed by atoms with Crippen LogP contribution in [0.5, 0.6) is 0 Å². The molecule has 2 nitrogen and oxygen atoms in total. The van der Waals surface area contributed by atoms with Crippen molar-refractivity contribution in [2.24, 2.45) is 0 Å². The molecule has 0 spiro atoms. The Labute approximate surface area is 91.6 Å². The summed E-state index contributed by atoms with van der Waals surface area (Å²) in [5.41, 5.74) is 1.46. The molecule has 3 unspecified atom stereocenters. The van der Waals surface area contributed by atoms with Gasteiger partial charge in [0.05, 0.1) is 6.61 Å². The van der Waals surface area contributed by atoms with E-state index in [-0.39, 0.29) is 0 Å². The van der Waals surface area contributed by atoms with Crippen molar-refractivity contribution in [3.8, 4) is 0 Å². The summed E-state index contributed by atoms with van der Waals surface area (Å²) in [6.07, 6.45) is 1.26. The van der Waals surface area contributed by atoms with Crippen LogP contribution in [0.25, 0.3) is 0 Å². The van der Waals surface area contributed by atoms with E-state index in [2.05, 4.69) is 42.6 Å². The Kier molecular flexibility index (Phi) is 3.39. The summed E-state index contributed by atoms with van der Waals surface area (Å²) >= 11 is 0. The van der Waals surface area contributed by atoms with Gasteiger partial charge in [-0.1, -0.05) is 30.3 Å². The third kappa shape index (κ3) is 2.80. The molecule has 2 rings (SSSR count). The molecule has 1 N–H and O–H groups in total. The lowest BCUT2D eigenvalue weighted by Gasteiger charge is -2.12. The fourth-order valence-corrected chi connectivity index (χ4v) is 2.11. The normalized spacial score (nSPS) is 26.3. The van der Waals surface area contributed by atoms with Gasteiger partial charge < -0.3 is 10.1 Å². The Morgan fingerprint density at radius 2 is 2.13 bits per heavy atom. The van der Waals surface area contributed by atoms with Gasteiger partial charge >= 0.3 is 0 Å². The Morgan fingerprint density at radius 3 is 2.80 bits per heavy atom. The second kappa shape index (κ2) is 4.77. The highest BCUT2D eigenvalue weighted by Gasteiger charge is 2.38. The molecule has 82 valence electrons. The van der Waals surface area contributed by atoms with Gasteiger partial charge in [0, 0.05) is 25.1 Å². The highest BCUT2D eigenvalue weighted by molar-refractivity contribution is 5.27. The van der Waals surface area contributed by atoms with Crippen molar-refractivity contribution in [1.29, 1.82) is 0 Å².